The molecule has 1 N–H and O–H groups in total. The fourth-order valence-corrected chi connectivity index (χ4v) is 2.66. The van der Waals surface area contributed by atoms with E-state index in [-0.39, 0.29) is 0 Å². The summed E-state index contributed by atoms with van der Waals surface area (Å²) in [6, 6.07) is 6.47. The first-order valence-electron chi connectivity index (χ1n) is 6.73. The Hall–Kier alpha value is -1.32. The summed E-state index contributed by atoms with van der Waals surface area (Å²) in [4.78, 5) is 2.52. The van der Waals surface area contributed by atoms with Crippen LogP contribution in [0.1, 0.15) is 11.1 Å². The van der Waals surface area contributed by atoms with Crippen LogP contribution in [0.3, 0.4) is 0 Å². The first kappa shape index (κ1) is 11.8. The van der Waals surface area contributed by atoms with Crippen LogP contribution in [0.25, 0.3) is 11.0 Å². The predicted molar refractivity (Wildman–Crippen MR) is 74.0 cm³/mol. The van der Waals surface area contributed by atoms with Crippen molar-refractivity contribution in [2.75, 3.05) is 32.7 Å². The fourth-order valence-electron chi connectivity index (χ4n) is 2.66. The molecule has 0 amide bonds. The van der Waals surface area contributed by atoms with E-state index < -0.39 is 0 Å². The molecule has 1 aromatic carbocycles. The number of aryl methyl sites for hydroxylation is 1. The average molecular weight is 244 g/mol. The summed E-state index contributed by atoms with van der Waals surface area (Å²) in [5.74, 6) is 0. The highest BCUT2D eigenvalue weighted by molar-refractivity contribution is 5.83. The van der Waals surface area contributed by atoms with E-state index in [0.29, 0.717) is 0 Å². The van der Waals surface area contributed by atoms with Crippen LogP contribution in [0.15, 0.2) is 28.9 Å². The van der Waals surface area contributed by atoms with Gasteiger partial charge in [-0.2, -0.15) is 0 Å². The highest BCUT2D eigenvalue weighted by Crippen LogP contribution is 2.24. The number of piperazine rings is 1. The summed E-state index contributed by atoms with van der Waals surface area (Å²) in [6.45, 7) is 7.78. The maximum atomic E-state index is 5.69. The molecule has 0 spiro atoms. The molecule has 1 aliphatic heterocycles. The van der Waals surface area contributed by atoms with Gasteiger partial charge in [-0.05, 0) is 24.5 Å². The lowest BCUT2D eigenvalue weighted by atomic mass is 10.1. The number of hydrogen-bond acceptors (Lipinski definition) is 3. The van der Waals surface area contributed by atoms with Crippen molar-refractivity contribution in [1.29, 1.82) is 0 Å². The van der Waals surface area contributed by atoms with Crippen molar-refractivity contribution in [1.82, 2.24) is 10.2 Å². The standard InChI is InChI=1S/C15H20N2O/c1-12-11-18-15-13(3-2-4-14(12)15)5-8-17-9-6-16-7-10-17/h2-4,11,16H,5-10H2,1H3. The second-order valence-corrected chi connectivity index (χ2v) is 5.05. The molecule has 0 radical (unpaired) electrons. The third-order valence-electron chi connectivity index (χ3n) is 3.78. The molecule has 0 aliphatic carbocycles. The van der Waals surface area contributed by atoms with Crippen LogP contribution in [0.4, 0.5) is 0 Å². The molecule has 1 saturated heterocycles. The molecule has 3 nitrogen and oxygen atoms in total. The number of benzene rings is 1. The van der Waals surface area contributed by atoms with E-state index in [2.05, 4.69) is 35.3 Å². The number of para-hydroxylation sites is 1. The Morgan fingerprint density at radius 1 is 1.28 bits per heavy atom. The summed E-state index contributed by atoms with van der Waals surface area (Å²) < 4.78 is 5.69. The van der Waals surface area contributed by atoms with Crippen molar-refractivity contribution >= 4 is 11.0 Å². The van der Waals surface area contributed by atoms with Gasteiger partial charge in [0.25, 0.3) is 0 Å². The Labute approximate surface area is 108 Å². The highest BCUT2D eigenvalue weighted by Gasteiger charge is 2.11. The molecule has 2 aromatic rings. The van der Waals surface area contributed by atoms with Crippen LogP contribution in [0.2, 0.25) is 0 Å². The zero-order valence-corrected chi connectivity index (χ0v) is 10.9. The molecular weight excluding hydrogens is 224 g/mol. The highest BCUT2D eigenvalue weighted by atomic mass is 16.3. The summed E-state index contributed by atoms with van der Waals surface area (Å²) in [5.41, 5.74) is 3.64. The Balaban J connectivity index is 1.74. The van der Waals surface area contributed by atoms with Gasteiger partial charge in [0.2, 0.25) is 0 Å². The van der Waals surface area contributed by atoms with Crippen molar-refractivity contribution in [3.8, 4) is 0 Å². The van der Waals surface area contributed by atoms with E-state index in [4.69, 9.17) is 4.42 Å². The van der Waals surface area contributed by atoms with Gasteiger partial charge in [-0.15, -0.1) is 0 Å². The van der Waals surface area contributed by atoms with E-state index in [1.165, 1.54) is 16.5 Å². The minimum absolute atomic E-state index is 1.07. The van der Waals surface area contributed by atoms with Gasteiger partial charge in [-0.25, -0.2) is 0 Å². The molecule has 96 valence electrons. The van der Waals surface area contributed by atoms with E-state index in [1.807, 2.05) is 6.26 Å². The zero-order valence-electron chi connectivity index (χ0n) is 10.9. The first-order valence-corrected chi connectivity index (χ1v) is 6.73. The summed E-state index contributed by atoms with van der Waals surface area (Å²) >= 11 is 0. The van der Waals surface area contributed by atoms with Gasteiger partial charge in [0.05, 0.1) is 6.26 Å². The topological polar surface area (TPSA) is 28.4 Å². The third kappa shape index (κ3) is 2.28. The van der Waals surface area contributed by atoms with Gasteiger partial charge in [0.15, 0.2) is 0 Å². The smallest absolute Gasteiger partial charge is 0.137 e. The Bertz CT molecular complexity index is 526. The minimum atomic E-state index is 1.07. The van der Waals surface area contributed by atoms with Crippen LogP contribution < -0.4 is 5.32 Å². The molecule has 1 aliphatic rings. The fraction of sp³-hybridized carbons (Fsp3) is 0.467. The molecule has 3 rings (SSSR count). The van der Waals surface area contributed by atoms with Crippen molar-refractivity contribution in [3.63, 3.8) is 0 Å². The minimum Gasteiger partial charge on any atom is -0.464 e. The molecule has 0 bridgehead atoms. The molecular formula is C15H20N2O. The average Bonchev–Trinajstić information content (AvgIpc) is 2.80. The van der Waals surface area contributed by atoms with Gasteiger partial charge < -0.3 is 14.6 Å². The molecule has 3 heteroatoms. The lowest BCUT2D eigenvalue weighted by molar-refractivity contribution is 0.244. The number of fused-ring (bicyclic) bond motifs is 1. The van der Waals surface area contributed by atoms with Crippen LogP contribution in [0.5, 0.6) is 0 Å². The number of rotatable bonds is 3. The maximum absolute atomic E-state index is 5.69. The monoisotopic (exact) mass is 244 g/mol. The van der Waals surface area contributed by atoms with Gasteiger partial charge in [-0.1, -0.05) is 18.2 Å². The van der Waals surface area contributed by atoms with Crippen LogP contribution in [-0.4, -0.2) is 37.6 Å². The van der Waals surface area contributed by atoms with Crippen molar-refractivity contribution in [2.24, 2.45) is 0 Å². The number of hydrogen-bond donors (Lipinski definition) is 1. The van der Waals surface area contributed by atoms with Gasteiger partial charge >= 0.3 is 0 Å². The van der Waals surface area contributed by atoms with Gasteiger partial charge in [0.1, 0.15) is 5.58 Å². The summed E-state index contributed by atoms with van der Waals surface area (Å²) in [7, 11) is 0. The normalized spacial score (nSPS) is 17.4. The molecule has 0 saturated carbocycles. The molecule has 1 aromatic heterocycles. The summed E-state index contributed by atoms with van der Waals surface area (Å²) in [5, 5.41) is 4.64. The molecule has 2 heterocycles. The summed E-state index contributed by atoms with van der Waals surface area (Å²) in [6.07, 6.45) is 2.93. The Kier molecular flexibility index (Phi) is 3.35. The quantitative estimate of drug-likeness (QED) is 0.897. The molecule has 1 fully saturated rings. The van der Waals surface area contributed by atoms with Crippen LogP contribution in [0, 0.1) is 6.92 Å². The number of nitrogens with zero attached hydrogens (tertiary/aromatic N) is 1. The van der Waals surface area contributed by atoms with Crippen LogP contribution >= 0.6 is 0 Å². The second-order valence-electron chi connectivity index (χ2n) is 5.05. The van der Waals surface area contributed by atoms with Crippen LogP contribution in [-0.2, 0) is 6.42 Å². The van der Waals surface area contributed by atoms with E-state index in [9.17, 15) is 0 Å². The SMILES string of the molecule is Cc1coc2c(CCN3CCNCC3)cccc12. The van der Waals surface area contributed by atoms with E-state index >= 15 is 0 Å². The van der Waals surface area contributed by atoms with Gasteiger partial charge in [0, 0.05) is 38.1 Å². The molecule has 0 atom stereocenters. The van der Waals surface area contributed by atoms with Crippen molar-refractivity contribution in [3.05, 3.63) is 35.6 Å². The Morgan fingerprint density at radius 3 is 2.94 bits per heavy atom. The first-order chi connectivity index (χ1) is 8.84. The zero-order chi connectivity index (χ0) is 12.4. The maximum Gasteiger partial charge on any atom is 0.137 e. The number of furan rings is 1. The molecule has 0 unspecified atom stereocenters. The largest absolute Gasteiger partial charge is 0.464 e. The van der Waals surface area contributed by atoms with Crippen molar-refractivity contribution < 1.29 is 4.42 Å². The predicted octanol–water partition coefficient (Wildman–Crippen LogP) is 2.19. The van der Waals surface area contributed by atoms with E-state index in [1.54, 1.807) is 0 Å². The lowest BCUT2D eigenvalue weighted by Gasteiger charge is -2.27. The van der Waals surface area contributed by atoms with E-state index in [0.717, 1.165) is 44.7 Å². The molecule has 18 heavy (non-hydrogen) atoms. The van der Waals surface area contributed by atoms with Gasteiger partial charge in [-0.3, -0.25) is 0 Å². The third-order valence-corrected chi connectivity index (χ3v) is 3.78. The number of nitrogens with one attached hydrogen (secondary N) is 1. The second kappa shape index (κ2) is 5.12. The lowest BCUT2D eigenvalue weighted by Crippen LogP contribution is -2.44. The Morgan fingerprint density at radius 2 is 2.11 bits per heavy atom. The van der Waals surface area contributed by atoms with Crippen molar-refractivity contribution in [2.45, 2.75) is 13.3 Å².